The van der Waals surface area contributed by atoms with Crippen LogP contribution in [-0.4, -0.2) is 55.4 Å². The minimum atomic E-state index is -3.81. The average Bonchev–Trinajstić information content (AvgIpc) is 3.24. The van der Waals surface area contributed by atoms with Crippen molar-refractivity contribution in [3.8, 4) is 11.3 Å². The molecule has 2 N–H and O–H groups in total. The van der Waals surface area contributed by atoms with Crippen LogP contribution in [0.5, 0.6) is 0 Å². The van der Waals surface area contributed by atoms with Crippen molar-refractivity contribution < 1.29 is 21.6 Å². The number of carbonyl (C=O) groups excluding carboxylic acids is 1. The van der Waals surface area contributed by atoms with E-state index in [1.165, 1.54) is 19.3 Å². The number of carbonyl (C=O) groups is 1. The van der Waals surface area contributed by atoms with Gasteiger partial charge in [-0.05, 0) is 77.5 Å². The molecule has 2 aromatic heterocycles. The normalized spacial score (nSPS) is 18.8. The Labute approximate surface area is 249 Å². The molecule has 0 bridgehead atoms. The van der Waals surface area contributed by atoms with Gasteiger partial charge in [-0.1, -0.05) is 25.3 Å². The Morgan fingerprint density at radius 3 is 2.38 bits per heavy atom. The van der Waals surface area contributed by atoms with Crippen LogP contribution >= 0.6 is 0 Å². The molecular formula is C31H42N4O5S2. The molecule has 3 heterocycles. The van der Waals surface area contributed by atoms with Gasteiger partial charge in [0.05, 0.1) is 22.0 Å². The van der Waals surface area contributed by atoms with Gasteiger partial charge in [-0.3, -0.25) is 9.78 Å². The van der Waals surface area contributed by atoms with Gasteiger partial charge in [0.25, 0.3) is 5.91 Å². The van der Waals surface area contributed by atoms with E-state index in [1.807, 2.05) is 39.8 Å². The van der Waals surface area contributed by atoms with E-state index in [0.717, 1.165) is 36.3 Å². The summed E-state index contributed by atoms with van der Waals surface area (Å²) in [7, 11) is -6.84. The lowest BCUT2D eigenvalue weighted by Crippen LogP contribution is -2.41. The molecule has 0 spiro atoms. The summed E-state index contributed by atoms with van der Waals surface area (Å²) in [5.74, 6) is 0.450. The van der Waals surface area contributed by atoms with Gasteiger partial charge in [0.15, 0.2) is 0 Å². The van der Waals surface area contributed by atoms with Gasteiger partial charge in [-0.15, -0.1) is 0 Å². The second-order valence-corrected chi connectivity index (χ2v) is 16.9. The van der Waals surface area contributed by atoms with Crippen molar-refractivity contribution in [1.82, 2.24) is 19.6 Å². The summed E-state index contributed by atoms with van der Waals surface area (Å²) in [5, 5.41) is 4.34. The number of aromatic nitrogens is 2. The van der Waals surface area contributed by atoms with E-state index >= 15 is 0 Å². The predicted octanol–water partition coefficient (Wildman–Crippen LogP) is 4.98. The quantitative estimate of drug-likeness (QED) is 0.387. The number of hydrogen-bond donors (Lipinski definition) is 2. The van der Waals surface area contributed by atoms with E-state index in [0.29, 0.717) is 35.1 Å². The van der Waals surface area contributed by atoms with Crippen LogP contribution in [0, 0.1) is 12.8 Å². The summed E-state index contributed by atoms with van der Waals surface area (Å²) in [6.45, 7) is 8.15. The fourth-order valence-electron chi connectivity index (χ4n) is 6.34. The summed E-state index contributed by atoms with van der Waals surface area (Å²) in [5.41, 5.74) is 2.42. The van der Waals surface area contributed by atoms with Crippen molar-refractivity contribution in [2.24, 2.45) is 5.92 Å². The lowest BCUT2D eigenvalue weighted by atomic mass is 9.89. The molecule has 5 rings (SSSR count). The highest BCUT2D eigenvalue weighted by Gasteiger charge is 2.29. The van der Waals surface area contributed by atoms with E-state index in [9.17, 15) is 21.6 Å². The maximum atomic E-state index is 13.6. The van der Waals surface area contributed by atoms with Crippen molar-refractivity contribution in [2.75, 3.05) is 11.5 Å². The van der Waals surface area contributed by atoms with Crippen LogP contribution in [-0.2, 0) is 26.4 Å². The van der Waals surface area contributed by atoms with Crippen molar-refractivity contribution >= 4 is 36.5 Å². The molecule has 1 aliphatic heterocycles. The van der Waals surface area contributed by atoms with Crippen LogP contribution in [0.4, 0.5) is 0 Å². The number of fused-ring (bicyclic) bond motifs is 1. The summed E-state index contributed by atoms with van der Waals surface area (Å²) in [6, 6.07) is 6.90. The van der Waals surface area contributed by atoms with Crippen molar-refractivity contribution in [3.63, 3.8) is 0 Å². The molecule has 1 saturated heterocycles. The van der Waals surface area contributed by atoms with Crippen LogP contribution in [0.2, 0.25) is 0 Å². The largest absolute Gasteiger partial charge is 0.349 e. The smallest absolute Gasteiger partial charge is 0.253 e. The number of sulfonamides is 1. The molecule has 228 valence electrons. The van der Waals surface area contributed by atoms with E-state index in [2.05, 4.69) is 19.6 Å². The molecule has 9 nitrogen and oxygen atoms in total. The second-order valence-electron chi connectivity index (χ2n) is 12.9. The summed E-state index contributed by atoms with van der Waals surface area (Å²) in [6.07, 6.45) is 10.0. The number of hydrogen-bond acceptors (Lipinski definition) is 6. The topological polar surface area (TPSA) is 127 Å². The fraction of sp³-hybridized carbons (Fsp3) is 0.548. The summed E-state index contributed by atoms with van der Waals surface area (Å²) >= 11 is 0. The van der Waals surface area contributed by atoms with Gasteiger partial charge in [-0.2, -0.15) is 0 Å². The minimum Gasteiger partial charge on any atom is -0.349 e. The van der Waals surface area contributed by atoms with Crippen molar-refractivity contribution in [2.45, 2.75) is 95.7 Å². The third kappa shape index (κ3) is 6.73. The Morgan fingerprint density at radius 2 is 1.71 bits per heavy atom. The third-order valence-electron chi connectivity index (χ3n) is 8.45. The van der Waals surface area contributed by atoms with Crippen LogP contribution in [0.25, 0.3) is 22.0 Å². The Morgan fingerprint density at radius 1 is 1.02 bits per heavy atom. The van der Waals surface area contributed by atoms with Crippen LogP contribution in [0.3, 0.4) is 0 Å². The number of sulfone groups is 1. The van der Waals surface area contributed by atoms with Gasteiger partial charge in [0.2, 0.25) is 10.0 Å². The first-order valence-corrected chi connectivity index (χ1v) is 18.2. The first kappa shape index (κ1) is 30.7. The van der Waals surface area contributed by atoms with Crippen LogP contribution < -0.4 is 10.0 Å². The molecule has 1 aromatic carbocycles. The Kier molecular flexibility index (Phi) is 8.57. The predicted molar refractivity (Wildman–Crippen MR) is 166 cm³/mol. The second kappa shape index (κ2) is 11.7. The maximum absolute atomic E-state index is 13.6. The van der Waals surface area contributed by atoms with Gasteiger partial charge < -0.3 is 9.88 Å². The summed E-state index contributed by atoms with van der Waals surface area (Å²) in [4.78, 5) is 18.1. The van der Waals surface area contributed by atoms with Gasteiger partial charge >= 0.3 is 0 Å². The average molecular weight is 615 g/mol. The Balaban J connectivity index is 1.58. The Hall–Kier alpha value is -2.76. The summed E-state index contributed by atoms with van der Waals surface area (Å²) < 4.78 is 55.5. The molecule has 1 aliphatic carbocycles. The molecule has 0 unspecified atom stereocenters. The van der Waals surface area contributed by atoms with Crippen LogP contribution in [0.1, 0.15) is 81.8 Å². The molecule has 0 radical (unpaired) electrons. The van der Waals surface area contributed by atoms with E-state index < -0.39 is 25.4 Å². The van der Waals surface area contributed by atoms with Crippen molar-refractivity contribution in [3.05, 3.63) is 47.9 Å². The van der Waals surface area contributed by atoms with E-state index in [4.69, 9.17) is 0 Å². The van der Waals surface area contributed by atoms with Gasteiger partial charge in [0, 0.05) is 58.2 Å². The minimum absolute atomic E-state index is 0.0865. The molecule has 42 heavy (non-hydrogen) atoms. The third-order valence-corrected chi connectivity index (χ3v) is 12.0. The number of nitrogens with one attached hydrogen (secondary N) is 2. The number of rotatable bonds is 7. The molecule has 1 amide bonds. The highest BCUT2D eigenvalue weighted by atomic mass is 32.2. The molecule has 11 heteroatoms. The zero-order valence-corrected chi connectivity index (χ0v) is 26.6. The van der Waals surface area contributed by atoms with Gasteiger partial charge in [-0.25, -0.2) is 21.6 Å². The molecule has 0 atom stereocenters. The molecule has 2 fully saturated rings. The number of benzene rings is 1. The van der Waals surface area contributed by atoms with E-state index in [1.54, 1.807) is 24.5 Å². The number of nitrogens with zero attached hydrogens (tertiary/aromatic N) is 2. The van der Waals surface area contributed by atoms with Gasteiger partial charge in [0.1, 0.15) is 9.84 Å². The van der Waals surface area contributed by atoms with E-state index in [-0.39, 0.29) is 28.4 Å². The number of amides is 1. The highest BCUT2D eigenvalue weighted by Crippen LogP contribution is 2.37. The molecule has 3 aromatic rings. The lowest BCUT2D eigenvalue weighted by molar-refractivity contribution is 0.0933. The standard InChI is InChI=1S/C31H42N4O5S2/c1-21-26(30(36)33-23-13-16-41(37,38)17-14-23)18-28(35(21)20-22-8-6-5-7-9-22)24-10-11-29(25-12-15-32-19-27(24)25)42(39,40)34-31(2,3)4/h10-12,15,18-19,22-23,34H,5-9,13-14,16-17,20H2,1-4H3,(H,33,36). The Bertz CT molecular complexity index is 1680. The number of pyridine rings is 1. The lowest BCUT2D eigenvalue weighted by Gasteiger charge is -2.25. The SMILES string of the molecule is Cc1c(C(=O)NC2CCS(=O)(=O)CC2)cc(-c2ccc(S(=O)(=O)NC(C)(C)C)c3ccncc23)n1CC1CCCCC1. The monoisotopic (exact) mass is 614 g/mol. The van der Waals surface area contributed by atoms with Crippen LogP contribution in [0.15, 0.2) is 41.6 Å². The molecule has 2 aliphatic rings. The zero-order valence-electron chi connectivity index (χ0n) is 24.9. The fourth-order valence-corrected chi connectivity index (χ4v) is 9.46. The maximum Gasteiger partial charge on any atom is 0.253 e. The first-order chi connectivity index (χ1) is 19.7. The molecule has 1 saturated carbocycles. The zero-order chi connectivity index (χ0) is 30.3. The first-order valence-electron chi connectivity index (χ1n) is 14.9. The molecular weight excluding hydrogens is 572 g/mol. The highest BCUT2D eigenvalue weighted by molar-refractivity contribution is 7.91. The van der Waals surface area contributed by atoms with Crippen molar-refractivity contribution in [1.29, 1.82) is 0 Å².